The minimum Gasteiger partial charge on any atom is -0.294 e. The van der Waals surface area contributed by atoms with Crippen LogP contribution in [-0.4, -0.2) is 22.8 Å². The molecule has 124 valence electrons. The van der Waals surface area contributed by atoms with Crippen molar-refractivity contribution in [1.82, 2.24) is 4.90 Å². The number of halogens is 1. The molecular weight excluding hydrogens is 301 g/mol. The van der Waals surface area contributed by atoms with Crippen LogP contribution in [0.1, 0.15) is 41.6 Å². The van der Waals surface area contributed by atoms with Crippen LogP contribution in [0.3, 0.4) is 0 Å². The van der Waals surface area contributed by atoms with Crippen LogP contribution in [0.4, 0.5) is 4.39 Å². The van der Waals surface area contributed by atoms with Crippen molar-refractivity contribution >= 4 is 5.78 Å². The summed E-state index contributed by atoms with van der Waals surface area (Å²) in [6.07, 6.45) is 4.02. The van der Waals surface area contributed by atoms with Crippen LogP contribution in [0.2, 0.25) is 0 Å². The molecule has 0 radical (unpaired) electrons. The second-order valence-corrected chi connectivity index (χ2v) is 7.06. The Morgan fingerprint density at radius 2 is 1.58 bits per heavy atom. The van der Waals surface area contributed by atoms with Crippen LogP contribution in [-0.2, 0) is 6.54 Å². The molecule has 2 atom stereocenters. The van der Waals surface area contributed by atoms with Crippen LogP contribution >= 0.6 is 0 Å². The molecule has 2 heterocycles. The highest BCUT2D eigenvalue weighted by atomic mass is 19.1. The lowest BCUT2D eigenvalue weighted by molar-refractivity contribution is 0.0675. The van der Waals surface area contributed by atoms with Gasteiger partial charge in [-0.3, -0.25) is 9.69 Å². The number of Topliss-reactive ketones (excluding diaryl/α,β-unsaturated/α-hetero) is 1. The summed E-state index contributed by atoms with van der Waals surface area (Å²) >= 11 is 0. The van der Waals surface area contributed by atoms with E-state index in [1.165, 1.54) is 11.6 Å². The van der Waals surface area contributed by atoms with Gasteiger partial charge in [-0.2, -0.15) is 0 Å². The van der Waals surface area contributed by atoms with E-state index in [1.807, 2.05) is 6.07 Å². The van der Waals surface area contributed by atoms with Crippen molar-refractivity contribution in [3.63, 3.8) is 0 Å². The number of benzene rings is 2. The topological polar surface area (TPSA) is 20.3 Å². The molecule has 24 heavy (non-hydrogen) atoms. The maximum absolute atomic E-state index is 13.9. The minimum atomic E-state index is -0.387. The lowest BCUT2D eigenvalue weighted by Crippen LogP contribution is -2.44. The summed E-state index contributed by atoms with van der Waals surface area (Å²) in [4.78, 5) is 15.3. The van der Waals surface area contributed by atoms with Gasteiger partial charge in [0.05, 0.1) is 5.56 Å². The number of hydrogen-bond donors (Lipinski definition) is 0. The lowest BCUT2D eigenvalue weighted by atomic mass is 9.84. The highest BCUT2D eigenvalue weighted by Gasteiger charge is 2.43. The van der Waals surface area contributed by atoms with E-state index < -0.39 is 0 Å². The van der Waals surface area contributed by atoms with Crippen LogP contribution in [0, 0.1) is 11.7 Å². The molecule has 2 aliphatic heterocycles. The third-order valence-corrected chi connectivity index (χ3v) is 5.60. The molecule has 3 heteroatoms. The van der Waals surface area contributed by atoms with Crippen molar-refractivity contribution in [2.45, 2.75) is 44.3 Å². The van der Waals surface area contributed by atoms with Crippen molar-refractivity contribution < 1.29 is 9.18 Å². The van der Waals surface area contributed by atoms with Gasteiger partial charge in [0.25, 0.3) is 0 Å². The van der Waals surface area contributed by atoms with Gasteiger partial charge >= 0.3 is 0 Å². The van der Waals surface area contributed by atoms with Gasteiger partial charge in [0.1, 0.15) is 5.82 Å². The SMILES string of the molecule is O=C(c1ccccc1F)C1CC2CCC(C1)N2Cc1ccccc1. The molecule has 2 bridgehead atoms. The van der Waals surface area contributed by atoms with Gasteiger partial charge in [0.2, 0.25) is 0 Å². The van der Waals surface area contributed by atoms with E-state index in [0.717, 1.165) is 32.2 Å². The van der Waals surface area contributed by atoms with Crippen LogP contribution in [0.25, 0.3) is 0 Å². The van der Waals surface area contributed by atoms with Gasteiger partial charge in [0.15, 0.2) is 5.78 Å². The average Bonchev–Trinajstić information content (AvgIpc) is 2.83. The van der Waals surface area contributed by atoms with Crippen molar-refractivity contribution in [1.29, 1.82) is 0 Å². The van der Waals surface area contributed by atoms with Crippen LogP contribution in [0.15, 0.2) is 54.6 Å². The molecule has 0 spiro atoms. The van der Waals surface area contributed by atoms with Gasteiger partial charge in [-0.05, 0) is 43.4 Å². The first-order valence-electron chi connectivity index (χ1n) is 8.81. The van der Waals surface area contributed by atoms with Gasteiger partial charge < -0.3 is 0 Å². The Morgan fingerprint density at radius 1 is 0.958 bits per heavy atom. The lowest BCUT2D eigenvalue weighted by Gasteiger charge is -2.38. The Balaban J connectivity index is 1.48. The quantitative estimate of drug-likeness (QED) is 0.775. The minimum absolute atomic E-state index is 0.00985. The number of piperidine rings is 1. The predicted molar refractivity (Wildman–Crippen MR) is 92.2 cm³/mol. The summed E-state index contributed by atoms with van der Waals surface area (Å²) < 4.78 is 13.9. The maximum atomic E-state index is 13.9. The van der Waals surface area contributed by atoms with Gasteiger partial charge in [0, 0.05) is 24.5 Å². The van der Waals surface area contributed by atoms with E-state index in [-0.39, 0.29) is 23.1 Å². The van der Waals surface area contributed by atoms with Gasteiger partial charge in [-0.25, -0.2) is 4.39 Å². The van der Waals surface area contributed by atoms with E-state index in [0.29, 0.717) is 12.1 Å². The zero-order chi connectivity index (χ0) is 16.5. The Labute approximate surface area is 142 Å². The van der Waals surface area contributed by atoms with Crippen molar-refractivity contribution in [2.75, 3.05) is 0 Å². The summed E-state index contributed by atoms with van der Waals surface area (Å²) in [6, 6.07) is 17.8. The molecule has 2 nitrogen and oxygen atoms in total. The normalized spacial score (nSPS) is 26.5. The smallest absolute Gasteiger partial charge is 0.169 e. The molecule has 0 N–H and O–H groups in total. The summed E-state index contributed by atoms with van der Waals surface area (Å²) in [5.74, 6) is -0.433. The third-order valence-electron chi connectivity index (χ3n) is 5.60. The largest absolute Gasteiger partial charge is 0.294 e. The first kappa shape index (κ1) is 15.5. The predicted octanol–water partition coefficient (Wildman–Crippen LogP) is 4.45. The number of carbonyl (C=O) groups excluding carboxylic acids is 1. The van der Waals surface area contributed by atoms with E-state index in [4.69, 9.17) is 0 Å². The van der Waals surface area contributed by atoms with Crippen molar-refractivity contribution in [2.24, 2.45) is 5.92 Å². The number of carbonyl (C=O) groups is 1. The first-order valence-corrected chi connectivity index (χ1v) is 8.81. The molecular formula is C21H22FNO. The molecule has 2 unspecified atom stereocenters. The molecule has 2 aliphatic rings. The van der Waals surface area contributed by atoms with Crippen molar-refractivity contribution in [3.05, 3.63) is 71.5 Å². The van der Waals surface area contributed by atoms with Gasteiger partial charge in [-0.1, -0.05) is 42.5 Å². The van der Waals surface area contributed by atoms with Crippen LogP contribution in [0.5, 0.6) is 0 Å². The number of ketones is 1. The van der Waals surface area contributed by atoms with E-state index in [9.17, 15) is 9.18 Å². The fourth-order valence-corrected chi connectivity index (χ4v) is 4.42. The molecule has 0 saturated carbocycles. The number of hydrogen-bond acceptors (Lipinski definition) is 2. The summed E-state index contributed by atoms with van der Waals surface area (Å²) in [7, 11) is 0. The fraction of sp³-hybridized carbons (Fsp3) is 0.381. The Kier molecular flexibility index (Phi) is 4.19. The van der Waals surface area contributed by atoms with E-state index in [1.54, 1.807) is 18.2 Å². The standard InChI is InChI=1S/C21H22FNO/c22-20-9-5-4-8-19(20)21(24)16-12-17-10-11-18(13-16)23(17)14-15-6-2-1-3-7-15/h1-9,16-18H,10-14H2. The zero-order valence-electron chi connectivity index (χ0n) is 13.7. The summed E-state index contributed by atoms with van der Waals surface area (Å²) in [5, 5.41) is 0. The van der Waals surface area contributed by atoms with Crippen LogP contribution < -0.4 is 0 Å². The third kappa shape index (κ3) is 2.89. The van der Waals surface area contributed by atoms with E-state index >= 15 is 0 Å². The Hall–Kier alpha value is -2.00. The van der Waals surface area contributed by atoms with E-state index in [2.05, 4.69) is 29.2 Å². The maximum Gasteiger partial charge on any atom is 0.169 e. The second-order valence-electron chi connectivity index (χ2n) is 7.06. The highest BCUT2D eigenvalue weighted by Crippen LogP contribution is 2.40. The zero-order valence-corrected chi connectivity index (χ0v) is 13.7. The Bertz CT molecular complexity index is 716. The molecule has 2 fully saturated rings. The highest BCUT2D eigenvalue weighted by molar-refractivity contribution is 5.98. The number of nitrogens with zero attached hydrogens (tertiary/aromatic N) is 1. The molecule has 2 aromatic rings. The molecule has 0 amide bonds. The molecule has 2 saturated heterocycles. The molecule has 4 rings (SSSR count). The number of rotatable bonds is 4. The van der Waals surface area contributed by atoms with Crippen molar-refractivity contribution in [3.8, 4) is 0 Å². The molecule has 0 aromatic heterocycles. The second kappa shape index (κ2) is 6.48. The summed E-state index contributed by atoms with van der Waals surface area (Å²) in [5.41, 5.74) is 1.59. The average molecular weight is 323 g/mol. The Morgan fingerprint density at radius 3 is 2.25 bits per heavy atom. The summed E-state index contributed by atoms with van der Waals surface area (Å²) in [6.45, 7) is 0.955. The molecule has 0 aliphatic carbocycles. The monoisotopic (exact) mass is 323 g/mol. The fourth-order valence-electron chi connectivity index (χ4n) is 4.42. The van der Waals surface area contributed by atoms with Gasteiger partial charge in [-0.15, -0.1) is 0 Å². The first-order chi connectivity index (χ1) is 11.7. The molecule has 2 aromatic carbocycles. The number of fused-ring (bicyclic) bond motifs is 2.